The molecule has 28 heavy (non-hydrogen) atoms. The maximum atomic E-state index is 5.76. The van der Waals surface area contributed by atoms with E-state index in [1.807, 2.05) is 42.6 Å². The molecule has 2 aromatic heterocycles. The second kappa shape index (κ2) is 7.77. The van der Waals surface area contributed by atoms with Gasteiger partial charge in [0.25, 0.3) is 0 Å². The molecule has 1 aromatic carbocycles. The van der Waals surface area contributed by atoms with Crippen LogP contribution in [-0.2, 0) is 0 Å². The molecule has 0 aliphatic carbocycles. The molecule has 4 rings (SSSR count). The molecule has 0 saturated carbocycles. The number of ether oxygens (including phenoxy) is 2. The zero-order valence-corrected chi connectivity index (χ0v) is 17.5. The van der Waals surface area contributed by atoms with E-state index in [-0.39, 0.29) is 12.1 Å². The lowest BCUT2D eigenvalue weighted by atomic mass is 10.0. The Kier molecular flexibility index (Phi) is 5.19. The van der Waals surface area contributed by atoms with E-state index in [0.29, 0.717) is 10.9 Å². The molecule has 0 bridgehead atoms. The second-order valence-electron chi connectivity index (χ2n) is 6.48. The van der Waals surface area contributed by atoms with Gasteiger partial charge in [-0.2, -0.15) is 0 Å². The van der Waals surface area contributed by atoms with E-state index in [1.54, 1.807) is 25.6 Å². The summed E-state index contributed by atoms with van der Waals surface area (Å²) in [6, 6.07) is 16.0. The van der Waals surface area contributed by atoms with Crippen LogP contribution in [0.15, 0.2) is 54.7 Å². The van der Waals surface area contributed by atoms with Crippen molar-refractivity contribution in [2.24, 2.45) is 0 Å². The molecule has 0 radical (unpaired) electrons. The fourth-order valence-electron chi connectivity index (χ4n) is 3.50. The van der Waals surface area contributed by atoms with Crippen molar-refractivity contribution in [1.29, 1.82) is 0 Å². The number of anilines is 1. The number of benzene rings is 1. The number of pyridine rings is 1. The van der Waals surface area contributed by atoms with E-state index < -0.39 is 0 Å². The minimum absolute atomic E-state index is 0.0246. The average molecular weight is 412 g/mol. The van der Waals surface area contributed by atoms with Gasteiger partial charge in [0.15, 0.2) is 5.11 Å². The van der Waals surface area contributed by atoms with E-state index in [0.717, 1.165) is 17.1 Å². The Morgan fingerprint density at radius 2 is 1.96 bits per heavy atom. The number of nitrogens with zero attached hydrogens (tertiary/aromatic N) is 2. The van der Waals surface area contributed by atoms with Gasteiger partial charge in [0.05, 0.1) is 37.7 Å². The van der Waals surface area contributed by atoms with E-state index in [4.69, 9.17) is 21.7 Å². The lowest BCUT2D eigenvalue weighted by Gasteiger charge is -2.28. The number of nitrogens with one attached hydrogen (secondary N) is 1. The summed E-state index contributed by atoms with van der Waals surface area (Å²) in [6.45, 7) is 2.11. The molecule has 1 N–H and O–H groups in total. The van der Waals surface area contributed by atoms with Crippen LogP contribution < -0.4 is 19.7 Å². The standard InChI is InChI=1S/C21H21N3O2S2/c1-13-7-10-18(28-13)20-19(15-6-4-5-11-22-15)23-21(27)24(20)16-9-8-14(25-2)12-17(16)26-3/h4-12,19-20H,1-3H3,(H,23,27)/t19-,20+/m0/s1. The number of aryl methyl sites for hydroxylation is 1. The van der Waals surface area contributed by atoms with E-state index in [1.165, 1.54) is 9.75 Å². The Balaban J connectivity index is 1.84. The largest absolute Gasteiger partial charge is 0.497 e. The Morgan fingerprint density at radius 3 is 2.61 bits per heavy atom. The van der Waals surface area contributed by atoms with E-state index in [9.17, 15) is 0 Å². The maximum absolute atomic E-state index is 5.76. The number of thiocarbonyl (C=S) groups is 1. The lowest BCUT2D eigenvalue weighted by molar-refractivity contribution is 0.394. The number of methoxy groups -OCH3 is 2. The van der Waals surface area contributed by atoms with Gasteiger partial charge in [0.1, 0.15) is 11.5 Å². The van der Waals surface area contributed by atoms with Crippen molar-refractivity contribution in [3.05, 3.63) is 70.2 Å². The molecule has 144 valence electrons. The Hall–Kier alpha value is -2.64. The molecule has 1 aliphatic heterocycles. The number of thiophene rings is 1. The maximum Gasteiger partial charge on any atom is 0.174 e. The minimum Gasteiger partial charge on any atom is -0.497 e. The average Bonchev–Trinajstić information content (AvgIpc) is 3.30. The monoisotopic (exact) mass is 411 g/mol. The predicted octanol–water partition coefficient (Wildman–Crippen LogP) is 4.65. The van der Waals surface area contributed by atoms with Crippen molar-refractivity contribution in [2.75, 3.05) is 19.1 Å². The first-order valence-electron chi connectivity index (χ1n) is 8.91. The van der Waals surface area contributed by atoms with Gasteiger partial charge in [-0.3, -0.25) is 4.98 Å². The summed E-state index contributed by atoms with van der Waals surface area (Å²) in [5, 5.41) is 4.12. The van der Waals surface area contributed by atoms with Crippen LogP contribution in [-0.4, -0.2) is 24.3 Å². The Morgan fingerprint density at radius 1 is 1.11 bits per heavy atom. The Bertz CT molecular complexity index is 990. The van der Waals surface area contributed by atoms with Gasteiger partial charge < -0.3 is 19.7 Å². The Labute approximate surface area is 173 Å². The summed E-state index contributed by atoms with van der Waals surface area (Å²) in [5.74, 6) is 1.45. The van der Waals surface area contributed by atoms with Crippen LogP contribution in [0.4, 0.5) is 5.69 Å². The zero-order valence-electron chi connectivity index (χ0n) is 15.9. The number of rotatable bonds is 5. The summed E-state index contributed by atoms with van der Waals surface area (Å²) in [7, 11) is 3.30. The normalized spacial score (nSPS) is 18.8. The van der Waals surface area contributed by atoms with Crippen LogP contribution in [0.3, 0.4) is 0 Å². The van der Waals surface area contributed by atoms with Gasteiger partial charge in [0, 0.05) is 22.0 Å². The van der Waals surface area contributed by atoms with Crippen molar-refractivity contribution >= 4 is 34.4 Å². The van der Waals surface area contributed by atoms with Gasteiger partial charge in [-0.05, 0) is 55.5 Å². The van der Waals surface area contributed by atoms with Crippen molar-refractivity contribution in [3.63, 3.8) is 0 Å². The summed E-state index contributed by atoms with van der Waals surface area (Å²) >= 11 is 7.53. The molecule has 1 saturated heterocycles. The summed E-state index contributed by atoms with van der Waals surface area (Å²) in [4.78, 5) is 9.18. The molecule has 7 heteroatoms. The number of hydrogen-bond acceptors (Lipinski definition) is 5. The highest BCUT2D eigenvalue weighted by atomic mass is 32.1. The van der Waals surface area contributed by atoms with Crippen LogP contribution in [0, 0.1) is 6.92 Å². The molecule has 5 nitrogen and oxygen atoms in total. The first-order valence-corrected chi connectivity index (χ1v) is 10.1. The quantitative estimate of drug-likeness (QED) is 0.617. The van der Waals surface area contributed by atoms with Crippen LogP contribution in [0.5, 0.6) is 11.5 Å². The van der Waals surface area contributed by atoms with Crippen molar-refractivity contribution in [3.8, 4) is 11.5 Å². The topological polar surface area (TPSA) is 46.6 Å². The van der Waals surface area contributed by atoms with Crippen molar-refractivity contribution < 1.29 is 9.47 Å². The zero-order chi connectivity index (χ0) is 19.7. The minimum atomic E-state index is -0.0569. The van der Waals surface area contributed by atoms with Crippen LogP contribution in [0.1, 0.15) is 27.5 Å². The number of aromatic nitrogens is 1. The molecule has 0 spiro atoms. The third-order valence-electron chi connectivity index (χ3n) is 4.80. The summed E-state index contributed by atoms with van der Waals surface area (Å²) in [6.07, 6.45) is 1.81. The fourth-order valence-corrected chi connectivity index (χ4v) is 4.84. The van der Waals surface area contributed by atoms with Crippen LogP contribution in [0.25, 0.3) is 0 Å². The van der Waals surface area contributed by atoms with Gasteiger partial charge in [-0.1, -0.05) is 6.07 Å². The fraction of sp³-hybridized carbons (Fsp3) is 0.238. The molecule has 1 aliphatic rings. The molecule has 0 unspecified atom stereocenters. The first-order chi connectivity index (χ1) is 13.6. The molecule has 0 amide bonds. The highest BCUT2D eigenvalue weighted by Gasteiger charge is 2.42. The van der Waals surface area contributed by atoms with E-state index in [2.05, 4.69) is 34.3 Å². The SMILES string of the molecule is COc1ccc(N2C(=S)N[C@@H](c3ccccn3)[C@H]2c2ccc(C)s2)c(OC)c1. The molecule has 2 atom stereocenters. The van der Waals surface area contributed by atoms with E-state index >= 15 is 0 Å². The van der Waals surface area contributed by atoms with Crippen LogP contribution in [0.2, 0.25) is 0 Å². The third-order valence-corrected chi connectivity index (χ3v) is 6.18. The van der Waals surface area contributed by atoms with Gasteiger partial charge in [-0.15, -0.1) is 11.3 Å². The molecular weight excluding hydrogens is 390 g/mol. The molecule has 3 heterocycles. The summed E-state index contributed by atoms with van der Waals surface area (Å²) in [5.41, 5.74) is 1.85. The van der Waals surface area contributed by atoms with Crippen molar-refractivity contribution in [2.45, 2.75) is 19.0 Å². The van der Waals surface area contributed by atoms with Gasteiger partial charge >= 0.3 is 0 Å². The van der Waals surface area contributed by atoms with Gasteiger partial charge in [0.2, 0.25) is 0 Å². The molecule has 3 aromatic rings. The highest BCUT2D eigenvalue weighted by Crippen LogP contribution is 2.46. The summed E-state index contributed by atoms with van der Waals surface area (Å²) < 4.78 is 11.0. The third kappa shape index (κ3) is 3.31. The van der Waals surface area contributed by atoms with Crippen LogP contribution >= 0.6 is 23.6 Å². The molecular formula is C21H21N3O2S2. The van der Waals surface area contributed by atoms with Crippen molar-refractivity contribution in [1.82, 2.24) is 10.3 Å². The molecule has 1 fully saturated rings. The smallest absolute Gasteiger partial charge is 0.174 e. The van der Waals surface area contributed by atoms with Gasteiger partial charge in [-0.25, -0.2) is 0 Å². The first kappa shape index (κ1) is 18.7. The predicted molar refractivity (Wildman–Crippen MR) is 117 cm³/mol. The highest BCUT2D eigenvalue weighted by molar-refractivity contribution is 7.80. The lowest BCUT2D eigenvalue weighted by Crippen LogP contribution is -2.29. The second-order valence-corrected chi connectivity index (χ2v) is 8.19. The number of hydrogen-bond donors (Lipinski definition) is 1.